The van der Waals surface area contributed by atoms with Crippen LogP contribution in [0, 0.1) is 0 Å². The monoisotopic (exact) mass is 197 g/mol. The van der Waals surface area contributed by atoms with Gasteiger partial charge < -0.3 is 15.5 Å². The maximum absolute atomic E-state index is 11.2. The van der Waals surface area contributed by atoms with E-state index in [2.05, 4.69) is 9.97 Å². The summed E-state index contributed by atoms with van der Waals surface area (Å²) in [5, 5.41) is 0. The Morgan fingerprint density at radius 3 is 3.14 bits per heavy atom. The summed E-state index contributed by atoms with van der Waals surface area (Å²) in [7, 11) is 0. The van der Waals surface area contributed by atoms with E-state index >= 15 is 0 Å². The van der Waals surface area contributed by atoms with Crippen LogP contribution < -0.4 is 5.73 Å². The van der Waals surface area contributed by atoms with Gasteiger partial charge in [-0.1, -0.05) is 6.92 Å². The van der Waals surface area contributed by atoms with Crippen LogP contribution in [0.3, 0.4) is 0 Å². The van der Waals surface area contributed by atoms with Gasteiger partial charge in [0, 0.05) is 12.6 Å². The molecule has 5 heteroatoms. The highest BCUT2D eigenvalue weighted by Crippen LogP contribution is 1.98. The van der Waals surface area contributed by atoms with Crippen LogP contribution in [0.5, 0.6) is 0 Å². The van der Waals surface area contributed by atoms with Crippen LogP contribution in [0.2, 0.25) is 0 Å². The highest BCUT2D eigenvalue weighted by molar-refractivity contribution is 5.75. The Morgan fingerprint density at radius 2 is 2.57 bits per heavy atom. The van der Waals surface area contributed by atoms with Gasteiger partial charge in [0.05, 0.1) is 18.6 Å². The lowest BCUT2D eigenvalue weighted by molar-refractivity contribution is -0.145. The van der Waals surface area contributed by atoms with Crippen LogP contribution in [-0.4, -0.2) is 28.6 Å². The van der Waals surface area contributed by atoms with Gasteiger partial charge in [0.1, 0.15) is 6.04 Å². The number of carbonyl (C=O) groups is 1. The number of aromatic nitrogens is 2. The molecule has 3 N–H and O–H groups in total. The first-order chi connectivity index (χ1) is 6.74. The van der Waals surface area contributed by atoms with Gasteiger partial charge >= 0.3 is 5.97 Å². The zero-order valence-electron chi connectivity index (χ0n) is 8.19. The minimum absolute atomic E-state index is 0.366. The standard InChI is InChI=1S/C9H15N3O2/c1-2-3-14-9(13)8(10)4-7-5-11-6-12-7/h5-6,8H,2-4,10H2,1H3,(H,11,12)/t8-/m0/s1. The third-order valence-electron chi connectivity index (χ3n) is 1.74. The molecule has 0 spiro atoms. The molecular formula is C9H15N3O2. The van der Waals surface area contributed by atoms with E-state index < -0.39 is 6.04 Å². The molecule has 1 aromatic heterocycles. The minimum Gasteiger partial charge on any atom is -0.465 e. The van der Waals surface area contributed by atoms with Crippen molar-refractivity contribution < 1.29 is 9.53 Å². The van der Waals surface area contributed by atoms with E-state index in [4.69, 9.17) is 10.5 Å². The lowest BCUT2D eigenvalue weighted by atomic mass is 10.2. The first-order valence-electron chi connectivity index (χ1n) is 4.64. The third kappa shape index (κ3) is 3.18. The van der Waals surface area contributed by atoms with E-state index in [1.807, 2.05) is 6.92 Å². The highest BCUT2D eigenvalue weighted by atomic mass is 16.5. The number of hydrogen-bond acceptors (Lipinski definition) is 4. The first-order valence-corrected chi connectivity index (χ1v) is 4.64. The Kier molecular flexibility index (Phi) is 4.12. The molecule has 78 valence electrons. The number of carbonyl (C=O) groups excluding carboxylic acids is 1. The quantitative estimate of drug-likeness (QED) is 0.662. The number of nitrogens with zero attached hydrogens (tertiary/aromatic N) is 1. The van der Waals surface area contributed by atoms with Crippen molar-refractivity contribution in [3.8, 4) is 0 Å². The zero-order valence-corrected chi connectivity index (χ0v) is 8.19. The fourth-order valence-electron chi connectivity index (χ4n) is 1.02. The smallest absolute Gasteiger partial charge is 0.323 e. The van der Waals surface area contributed by atoms with E-state index in [1.54, 1.807) is 12.5 Å². The molecule has 0 radical (unpaired) electrons. The second-order valence-electron chi connectivity index (χ2n) is 3.04. The fourth-order valence-corrected chi connectivity index (χ4v) is 1.02. The first kappa shape index (κ1) is 10.7. The van der Waals surface area contributed by atoms with E-state index in [1.165, 1.54) is 0 Å². The third-order valence-corrected chi connectivity index (χ3v) is 1.74. The van der Waals surface area contributed by atoms with Crippen LogP contribution in [0.4, 0.5) is 0 Å². The fraction of sp³-hybridized carbons (Fsp3) is 0.556. The van der Waals surface area contributed by atoms with Crippen LogP contribution >= 0.6 is 0 Å². The topological polar surface area (TPSA) is 81.0 Å². The lowest BCUT2D eigenvalue weighted by Crippen LogP contribution is -2.34. The van der Waals surface area contributed by atoms with Gasteiger partial charge in [-0.3, -0.25) is 4.79 Å². The molecule has 1 rings (SSSR count). The largest absolute Gasteiger partial charge is 0.465 e. The molecule has 0 amide bonds. The Hall–Kier alpha value is -1.36. The van der Waals surface area contributed by atoms with Gasteiger partial charge in [0.2, 0.25) is 0 Å². The number of aromatic amines is 1. The van der Waals surface area contributed by atoms with Gasteiger partial charge in [-0.05, 0) is 6.42 Å². The minimum atomic E-state index is -0.621. The summed E-state index contributed by atoms with van der Waals surface area (Å²) in [5.41, 5.74) is 6.39. The van der Waals surface area contributed by atoms with Crippen LogP contribution in [0.1, 0.15) is 19.0 Å². The molecule has 0 aliphatic rings. The van der Waals surface area contributed by atoms with E-state index in [0.29, 0.717) is 13.0 Å². The summed E-state index contributed by atoms with van der Waals surface area (Å²) in [6.45, 7) is 2.36. The van der Waals surface area contributed by atoms with Crippen molar-refractivity contribution in [3.63, 3.8) is 0 Å². The molecule has 5 nitrogen and oxygen atoms in total. The van der Waals surface area contributed by atoms with E-state index in [9.17, 15) is 4.79 Å². The van der Waals surface area contributed by atoms with Crippen molar-refractivity contribution in [1.29, 1.82) is 0 Å². The van der Waals surface area contributed by atoms with Gasteiger partial charge in [0.25, 0.3) is 0 Å². The molecular weight excluding hydrogens is 182 g/mol. The molecule has 0 aliphatic heterocycles. The van der Waals surface area contributed by atoms with E-state index in [0.717, 1.165) is 12.1 Å². The number of imidazole rings is 1. The molecule has 0 bridgehead atoms. The maximum atomic E-state index is 11.2. The number of rotatable bonds is 5. The zero-order chi connectivity index (χ0) is 10.4. The molecule has 1 atom stereocenters. The number of H-pyrrole nitrogens is 1. The molecule has 0 aromatic carbocycles. The van der Waals surface area contributed by atoms with Crippen molar-refractivity contribution in [3.05, 3.63) is 18.2 Å². The molecule has 1 aromatic rings. The van der Waals surface area contributed by atoms with Crippen LogP contribution in [0.25, 0.3) is 0 Å². The van der Waals surface area contributed by atoms with Crippen molar-refractivity contribution in [2.75, 3.05) is 6.61 Å². The summed E-state index contributed by atoms with van der Waals surface area (Å²) in [4.78, 5) is 18.0. The van der Waals surface area contributed by atoms with E-state index in [-0.39, 0.29) is 5.97 Å². The summed E-state index contributed by atoms with van der Waals surface area (Å²) in [5.74, 6) is -0.366. The molecule has 0 saturated carbocycles. The Balaban J connectivity index is 2.34. The SMILES string of the molecule is CCCOC(=O)[C@@H](N)Cc1c[nH]cn1. The number of ether oxygens (including phenoxy) is 1. The second kappa shape index (κ2) is 5.39. The number of nitrogens with two attached hydrogens (primary N) is 1. The Morgan fingerprint density at radius 1 is 1.79 bits per heavy atom. The molecule has 14 heavy (non-hydrogen) atoms. The number of esters is 1. The number of nitrogens with one attached hydrogen (secondary N) is 1. The summed E-state index contributed by atoms with van der Waals surface area (Å²) >= 11 is 0. The highest BCUT2D eigenvalue weighted by Gasteiger charge is 2.15. The average molecular weight is 197 g/mol. The molecule has 0 unspecified atom stereocenters. The predicted octanol–water partition coefficient (Wildman–Crippen LogP) is 0.233. The summed E-state index contributed by atoms with van der Waals surface area (Å²) in [6, 6.07) is -0.621. The lowest BCUT2D eigenvalue weighted by Gasteiger charge is -2.08. The maximum Gasteiger partial charge on any atom is 0.323 e. The van der Waals surface area contributed by atoms with Gasteiger partial charge in [-0.2, -0.15) is 0 Å². The summed E-state index contributed by atoms with van der Waals surface area (Å²) < 4.78 is 4.90. The van der Waals surface area contributed by atoms with Crippen LogP contribution in [0.15, 0.2) is 12.5 Å². The molecule has 0 fully saturated rings. The van der Waals surface area contributed by atoms with Crippen molar-refractivity contribution in [2.24, 2.45) is 5.73 Å². The normalized spacial score (nSPS) is 12.4. The van der Waals surface area contributed by atoms with Crippen LogP contribution in [-0.2, 0) is 16.0 Å². The Bertz CT molecular complexity index is 272. The molecule has 0 aliphatic carbocycles. The number of hydrogen-bond donors (Lipinski definition) is 2. The van der Waals surface area contributed by atoms with Crippen molar-refractivity contribution in [2.45, 2.75) is 25.8 Å². The Labute approximate surface area is 82.7 Å². The van der Waals surface area contributed by atoms with Gasteiger partial charge in [-0.25, -0.2) is 4.98 Å². The summed E-state index contributed by atoms with van der Waals surface area (Å²) in [6.07, 6.45) is 4.49. The van der Waals surface area contributed by atoms with Crippen molar-refractivity contribution >= 4 is 5.97 Å². The van der Waals surface area contributed by atoms with Gasteiger partial charge in [0.15, 0.2) is 0 Å². The second-order valence-corrected chi connectivity index (χ2v) is 3.04. The predicted molar refractivity (Wildman–Crippen MR) is 51.5 cm³/mol. The molecule has 1 heterocycles. The van der Waals surface area contributed by atoms with Gasteiger partial charge in [-0.15, -0.1) is 0 Å². The van der Waals surface area contributed by atoms with Crippen molar-refractivity contribution in [1.82, 2.24) is 9.97 Å². The average Bonchev–Trinajstić information content (AvgIpc) is 2.66. The molecule has 0 saturated heterocycles.